The van der Waals surface area contributed by atoms with Gasteiger partial charge in [-0.25, -0.2) is 13.2 Å². The van der Waals surface area contributed by atoms with Crippen LogP contribution in [0.1, 0.15) is 69.9 Å². The number of methoxy groups -OCH3 is 2. The molecule has 276 valence electrons. The molecule has 2 N–H and O–H groups in total. The highest BCUT2D eigenvalue weighted by molar-refractivity contribution is 7.89. The van der Waals surface area contributed by atoms with Crippen LogP contribution < -0.4 is 10.6 Å². The maximum absolute atomic E-state index is 14.0. The van der Waals surface area contributed by atoms with E-state index in [1.165, 1.54) is 14.2 Å². The largest absolute Gasteiger partial charge is 0.468 e. The van der Waals surface area contributed by atoms with E-state index < -0.39 is 50.9 Å². The zero-order chi connectivity index (χ0) is 37.6. The van der Waals surface area contributed by atoms with Crippen molar-refractivity contribution in [2.45, 2.75) is 81.8 Å². The minimum atomic E-state index is -4.27. The van der Waals surface area contributed by atoms with Crippen molar-refractivity contribution < 1.29 is 37.2 Å². The number of esters is 1. The smallest absolute Gasteiger partial charge is 0.407 e. The summed E-state index contributed by atoms with van der Waals surface area (Å²) in [7, 11) is -1.85. The number of alkyl carbamates (subject to hydrolysis) is 1. The number of nitrogens with one attached hydrogen (secondary N) is 2. The Morgan fingerprint density at radius 1 is 0.824 bits per heavy atom. The molecule has 0 bridgehead atoms. The molecule has 0 fully saturated rings. The molecule has 3 atom stereocenters. The minimum Gasteiger partial charge on any atom is -0.468 e. The zero-order valence-electron chi connectivity index (χ0n) is 29.7. The van der Waals surface area contributed by atoms with Crippen molar-refractivity contribution in [2.75, 3.05) is 20.8 Å². The molecule has 0 saturated heterocycles. The first-order valence-corrected chi connectivity index (χ1v) is 18.4. The molecule has 3 aromatic carbocycles. The summed E-state index contributed by atoms with van der Waals surface area (Å²) in [6, 6.07) is 20.6. The van der Waals surface area contributed by atoms with E-state index >= 15 is 0 Å². The van der Waals surface area contributed by atoms with Gasteiger partial charge < -0.3 is 20.1 Å². The number of amides is 2. The molecule has 0 saturated carbocycles. The number of benzene rings is 3. The van der Waals surface area contributed by atoms with E-state index in [1.54, 1.807) is 0 Å². The normalized spacial score (nSPS) is 13.3. The number of nitro benzene ring substituents is 1. The first kappa shape index (κ1) is 40.6. The van der Waals surface area contributed by atoms with Gasteiger partial charge in [-0.3, -0.25) is 19.7 Å². The van der Waals surface area contributed by atoms with Crippen LogP contribution in [0.3, 0.4) is 0 Å². The third-order valence-electron chi connectivity index (χ3n) is 8.66. The Morgan fingerprint density at radius 2 is 1.39 bits per heavy atom. The second-order valence-corrected chi connectivity index (χ2v) is 14.4. The Balaban J connectivity index is 1.86. The summed E-state index contributed by atoms with van der Waals surface area (Å²) in [6.07, 6.45) is 1.01. The van der Waals surface area contributed by atoms with Gasteiger partial charge in [-0.1, -0.05) is 81.4 Å². The summed E-state index contributed by atoms with van der Waals surface area (Å²) >= 11 is 0. The van der Waals surface area contributed by atoms with Crippen LogP contribution in [0, 0.1) is 16.0 Å². The average molecular weight is 725 g/mol. The van der Waals surface area contributed by atoms with E-state index in [9.17, 15) is 32.9 Å². The first-order valence-electron chi connectivity index (χ1n) is 16.9. The summed E-state index contributed by atoms with van der Waals surface area (Å²) in [5, 5.41) is 17.0. The lowest BCUT2D eigenvalue weighted by Crippen LogP contribution is -2.52. The van der Waals surface area contributed by atoms with E-state index in [4.69, 9.17) is 9.47 Å². The molecule has 0 aliphatic rings. The van der Waals surface area contributed by atoms with Gasteiger partial charge in [-0.15, -0.1) is 0 Å². The van der Waals surface area contributed by atoms with Crippen LogP contribution in [0.15, 0.2) is 89.8 Å². The Hall–Kier alpha value is -4.82. The molecule has 3 rings (SSSR count). The monoisotopic (exact) mass is 724 g/mol. The molecule has 2 amide bonds. The van der Waals surface area contributed by atoms with Crippen molar-refractivity contribution in [2.24, 2.45) is 5.92 Å². The number of sulfonamides is 1. The maximum Gasteiger partial charge on any atom is 0.407 e. The lowest BCUT2D eigenvalue weighted by atomic mass is 9.84. The van der Waals surface area contributed by atoms with Gasteiger partial charge in [-0.2, -0.15) is 4.31 Å². The lowest BCUT2D eigenvalue weighted by molar-refractivity contribution is -0.384. The number of rotatable bonds is 19. The Kier molecular flexibility index (Phi) is 15.6. The number of non-ortho nitro benzene ring substituents is 1. The predicted octanol–water partition coefficient (Wildman–Crippen LogP) is 5.80. The molecular formula is C37H48N4O9S. The molecule has 0 aliphatic carbocycles. The fraction of sp³-hybridized carbons (Fsp3) is 0.432. The van der Waals surface area contributed by atoms with Gasteiger partial charge >= 0.3 is 12.1 Å². The molecular weight excluding hydrogens is 676 g/mol. The van der Waals surface area contributed by atoms with Crippen LogP contribution >= 0.6 is 0 Å². The number of ether oxygens (including phenoxy) is 2. The van der Waals surface area contributed by atoms with Crippen molar-refractivity contribution in [1.29, 1.82) is 0 Å². The Labute approximate surface area is 299 Å². The van der Waals surface area contributed by atoms with Crippen LogP contribution in [0.4, 0.5) is 10.5 Å². The molecule has 13 nitrogen and oxygen atoms in total. The van der Waals surface area contributed by atoms with Crippen molar-refractivity contribution in [3.8, 4) is 0 Å². The van der Waals surface area contributed by atoms with E-state index in [0.29, 0.717) is 25.7 Å². The van der Waals surface area contributed by atoms with Crippen molar-refractivity contribution in [1.82, 2.24) is 14.9 Å². The summed E-state index contributed by atoms with van der Waals surface area (Å²) < 4.78 is 38.9. The van der Waals surface area contributed by atoms with E-state index in [2.05, 4.69) is 10.6 Å². The lowest BCUT2D eigenvalue weighted by Gasteiger charge is -2.31. The van der Waals surface area contributed by atoms with Gasteiger partial charge in [0, 0.05) is 30.6 Å². The quantitative estimate of drug-likeness (QED) is 0.0881. The van der Waals surface area contributed by atoms with Gasteiger partial charge in [-0.05, 0) is 61.3 Å². The standard InChI is InChI=1S/C37H48N4O9S/c1-6-29(38-35(42)34(39-37(44)50-5)33(27-14-9-7-10-15-27)28-16-11-8-12-17-28)18-13-19-32(36(43)49-4)40(25-24-26(2)3)51(47,48)31-22-20-30(21-23-31)41(45)46/h7-12,14-17,20-23,26,29,32-34H,6,13,18-19,24-25H2,1-5H3,(H,38,42)(H,39,44)/t29-,32-,34-/m0/s1. The van der Waals surface area contributed by atoms with Crippen LogP contribution in [-0.4, -0.2) is 74.5 Å². The fourth-order valence-electron chi connectivity index (χ4n) is 5.83. The van der Waals surface area contributed by atoms with Crippen LogP contribution in [0.2, 0.25) is 0 Å². The van der Waals surface area contributed by atoms with E-state index in [1.807, 2.05) is 81.4 Å². The molecule has 3 aromatic rings. The number of nitro groups is 1. The predicted molar refractivity (Wildman–Crippen MR) is 192 cm³/mol. The number of nitrogens with zero attached hydrogens (tertiary/aromatic N) is 2. The Bertz CT molecular complexity index is 1650. The highest BCUT2D eigenvalue weighted by Gasteiger charge is 2.37. The average Bonchev–Trinajstić information content (AvgIpc) is 3.13. The topological polar surface area (TPSA) is 174 Å². The fourth-order valence-corrected chi connectivity index (χ4v) is 7.45. The number of carbonyl (C=O) groups excluding carboxylic acids is 3. The summed E-state index contributed by atoms with van der Waals surface area (Å²) in [4.78, 5) is 50.1. The molecule has 0 heterocycles. The molecule has 0 aromatic heterocycles. The maximum atomic E-state index is 14.0. The van der Waals surface area contributed by atoms with Gasteiger partial charge in [0.25, 0.3) is 5.69 Å². The van der Waals surface area contributed by atoms with Crippen molar-refractivity contribution in [3.63, 3.8) is 0 Å². The van der Waals surface area contributed by atoms with Gasteiger partial charge in [0.1, 0.15) is 12.1 Å². The van der Waals surface area contributed by atoms with Gasteiger partial charge in [0.2, 0.25) is 15.9 Å². The molecule has 0 spiro atoms. The molecule has 0 unspecified atom stereocenters. The third-order valence-corrected chi connectivity index (χ3v) is 10.6. The summed E-state index contributed by atoms with van der Waals surface area (Å²) in [5.74, 6) is -1.61. The molecule has 0 aliphatic heterocycles. The summed E-state index contributed by atoms with van der Waals surface area (Å²) in [6.45, 7) is 5.78. The SMILES string of the molecule is CC[C@@H](CCC[C@@H](C(=O)OC)N(CCC(C)C)S(=O)(=O)c1ccc([N+](=O)[O-])cc1)NC(=O)[C@@H](NC(=O)OC)C(c1ccccc1)c1ccccc1. The van der Waals surface area contributed by atoms with E-state index in [0.717, 1.165) is 39.7 Å². The highest BCUT2D eigenvalue weighted by Crippen LogP contribution is 2.29. The third kappa shape index (κ3) is 11.3. The van der Waals surface area contributed by atoms with Crippen molar-refractivity contribution >= 4 is 33.7 Å². The van der Waals surface area contributed by atoms with Crippen LogP contribution in [0.5, 0.6) is 0 Å². The van der Waals surface area contributed by atoms with Gasteiger partial charge in [0.15, 0.2) is 0 Å². The Morgan fingerprint density at radius 3 is 1.86 bits per heavy atom. The summed E-state index contributed by atoms with van der Waals surface area (Å²) in [5.41, 5.74) is 1.36. The number of carbonyl (C=O) groups is 3. The van der Waals surface area contributed by atoms with Gasteiger partial charge in [0.05, 0.1) is 24.0 Å². The van der Waals surface area contributed by atoms with Crippen LogP contribution in [0.25, 0.3) is 0 Å². The number of hydrogen-bond acceptors (Lipinski definition) is 9. The van der Waals surface area contributed by atoms with Crippen LogP contribution in [-0.2, 0) is 29.1 Å². The highest BCUT2D eigenvalue weighted by atomic mass is 32.2. The molecule has 14 heteroatoms. The second kappa shape index (κ2) is 19.5. The number of hydrogen-bond donors (Lipinski definition) is 2. The van der Waals surface area contributed by atoms with Crippen molar-refractivity contribution in [3.05, 3.63) is 106 Å². The minimum absolute atomic E-state index is 0.0198. The molecule has 51 heavy (non-hydrogen) atoms. The van der Waals surface area contributed by atoms with E-state index in [-0.39, 0.29) is 35.5 Å². The zero-order valence-corrected chi connectivity index (χ0v) is 30.5. The molecule has 0 radical (unpaired) electrons. The first-order chi connectivity index (χ1) is 24.3. The second-order valence-electron chi connectivity index (χ2n) is 12.5.